The number of amides is 1. The van der Waals surface area contributed by atoms with Gasteiger partial charge in [0.05, 0.1) is 19.3 Å². The predicted molar refractivity (Wildman–Crippen MR) is 77.5 cm³/mol. The first-order chi connectivity index (χ1) is 9.63. The Morgan fingerprint density at radius 3 is 2.80 bits per heavy atom. The number of carbonyl (C=O) groups excluding carboxylic acids is 1. The molecule has 1 heterocycles. The number of piperidine rings is 1. The van der Waals surface area contributed by atoms with E-state index in [1.807, 2.05) is 4.90 Å². The minimum absolute atomic E-state index is 0.0708. The van der Waals surface area contributed by atoms with Crippen LogP contribution in [0.1, 0.15) is 38.5 Å². The predicted octanol–water partition coefficient (Wildman–Crippen LogP) is 0.766. The molecule has 20 heavy (non-hydrogen) atoms. The van der Waals surface area contributed by atoms with Crippen LogP contribution in [0.5, 0.6) is 0 Å². The smallest absolute Gasteiger partial charge is 0.234 e. The molecule has 2 aliphatic rings. The quantitative estimate of drug-likeness (QED) is 0.756. The number of carbonyl (C=O) groups is 1. The van der Waals surface area contributed by atoms with Gasteiger partial charge < -0.3 is 15.2 Å². The van der Waals surface area contributed by atoms with Crippen molar-refractivity contribution < 1.29 is 14.6 Å². The number of hydrogen-bond donors (Lipinski definition) is 2. The van der Waals surface area contributed by atoms with E-state index in [4.69, 9.17) is 4.74 Å². The van der Waals surface area contributed by atoms with Gasteiger partial charge in [-0.25, -0.2) is 0 Å². The maximum Gasteiger partial charge on any atom is 0.234 e. The summed E-state index contributed by atoms with van der Waals surface area (Å²) in [4.78, 5) is 14.1. The summed E-state index contributed by atoms with van der Waals surface area (Å²) in [5.74, 6) is 0.0708. The van der Waals surface area contributed by atoms with E-state index in [1.54, 1.807) is 7.11 Å². The molecule has 5 heteroatoms. The SMILES string of the molecule is COCC1(CNC(=O)CN2CCC[C@H](O)C2)CCCC1. The minimum Gasteiger partial charge on any atom is -0.392 e. The first kappa shape index (κ1) is 15.7. The molecule has 0 aromatic rings. The first-order valence-corrected chi connectivity index (χ1v) is 7.80. The van der Waals surface area contributed by atoms with E-state index < -0.39 is 0 Å². The number of nitrogens with one attached hydrogen (secondary N) is 1. The molecule has 5 nitrogen and oxygen atoms in total. The number of likely N-dealkylation sites (tertiary alicyclic amines) is 1. The number of aliphatic hydroxyl groups excluding tert-OH is 1. The zero-order chi connectivity index (χ0) is 14.4. The van der Waals surface area contributed by atoms with Crippen LogP contribution in [0.15, 0.2) is 0 Å². The van der Waals surface area contributed by atoms with Crippen molar-refractivity contribution >= 4 is 5.91 Å². The molecular weight excluding hydrogens is 256 g/mol. The topological polar surface area (TPSA) is 61.8 Å². The van der Waals surface area contributed by atoms with Crippen LogP contribution in [0.25, 0.3) is 0 Å². The average Bonchev–Trinajstić information content (AvgIpc) is 2.86. The lowest BCUT2D eigenvalue weighted by molar-refractivity contribution is -0.123. The van der Waals surface area contributed by atoms with Gasteiger partial charge in [0.25, 0.3) is 0 Å². The maximum absolute atomic E-state index is 12.0. The van der Waals surface area contributed by atoms with Crippen LogP contribution < -0.4 is 5.32 Å². The maximum atomic E-state index is 12.0. The molecule has 0 radical (unpaired) electrons. The van der Waals surface area contributed by atoms with Crippen LogP contribution in [-0.4, -0.2) is 61.9 Å². The normalized spacial score (nSPS) is 26.6. The highest BCUT2D eigenvalue weighted by Crippen LogP contribution is 2.37. The molecule has 1 aliphatic heterocycles. The number of ether oxygens (including phenoxy) is 1. The van der Waals surface area contributed by atoms with Crippen molar-refractivity contribution in [1.82, 2.24) is 10.2 Å². The zero-order valence-corrected chi connectivity index (χ0v) is 12.6. The van der Waals surface area contributed by atoms with E-state index in [1.165, 1.54) is 12.8 Å². The van der Waals surface area contributed by atoms with Gasteiger partial charge in [0.15, 0.2) is 0 Å². The summed E-state index contributed by atoms with van der Waals surface area (Å²) < 4.78 is 5.33. The van der Waals surface area contributed by atoms with Crippen LogP contribution in [0.2, 0.25) is 0 Å². The molecule has 0 bridgehead atoms. The number of hydrogen-bond acceptors (Lipinski definition) is 4. The highest BCUT2D eigenvalue weighted by molar-refractivity contribution is 5.78. The second kappa shape index (κ2) is 7.38. The van der Waals surface area contributed by atoms with E-state index >= 15 is 0 Å². The van der Waals surface area contributed by atoms with Gasteiger partial charge in [-0.3, -0.25) is 9.69 Å². The van der Waals surface area contributed by atoms with Gasteiger partial charge in [0.2, 0.25) is 5.91 Å². The second-order valence-corrected chi connectivity index (χ2v) is 6.45. The van der Waals surface area contributed by atoms with Crippen LogP contribution in [0, 0.1) is 5.41 Å². The molecule has 1 amide bonds. The third kappa shape index (κ3) is 4.43. The standard InChI is InChI=1S/C15H28N2O3/c1-20-12-15(6-2-3-7-15)11-16-14(19)10-17-8-4-5-13(18)9-17/h13,18H,2-12H2,1H3,(H,16,19)/t13-/m0/s1. The molecule has 2 fully saturated rings. The Balaban J connectivity index is 1.73. The van der Waals surface area contributed by atoms with E-state index in [0.717, 1.165) is 45.4 Å². The Kier molecular flexibility index (Phi) is 5.81. The van der Waals surface area contributed by atoms with E-state index in [9.17, 15) is 9.90 Å². The van der Waals surface area contributed by atoms with Crippen molar-refractivity contribution in [2.24, 2.45) is 5.41 Å². The number of nitrogens with zero attached hydrogens (tertiary/aromatic N) is 1. The highest BCUT2D eigenvalue weighted by atomic mass is 16.5. The Morgan fingerprint density at radius 2 is 2.15 bits per heavy atom. The molecule has 0 spiro atoms. The molecule has 2 rings (SSSR count). The molecule has 1 saturated heterocycles. The minimum atomic E-state index is -0.272. The Hall–Kier alpha value is -0.650. The fourth-order valence-corrected chi connectivity index (χ4v) is 3.52. The third-order valence-corrected chi connectivity index (χ3v) is 4.62. The lowest BCUT2D eigenvalue weighted by atomic mass is 9.87. The molecule has 116 valence electrons. The molecule has 2 N–H and O–H groups in total. The Labute approximate surface area is 121 Å². The van der Waals surface area contributed by atoms with Crippen molar-refractivity contribution in [3.05, 3.63) is 0 Å². The highest BCUT2D eigenvalue weighted by Gasteiger charge is 2.34. The number of aliphatic hydroxyl groups is 1. The molecule has 1 atom stereocenters. The van der Waals surface area contributed by atoms with E-state index in [2.05, 4.69) is 5.32 Å². The fourth-order valence-electron chi connectivity index (χ4n) is 3.52. The van der Waals surface area contributed by atoms with Gasteiger partial charge >= 0.3 is 0 Å². The Morgan fingerprint density at radius 1 is 1.40 bits per heavy atom. The van der Waals surface area contributed by atoms with Crippen LogP contribution in [-0.2, 0) is 9.53 Å². The summed E-state index contributed by atoms with van der Waals surface area (Å²) in [5, 5.41) is 12.7. The zero-order valence-electron chi connectivity index (χ0n) is 12.6. The van der Waals surface area contributed by atoms with Crippen molar-refractivity contribution in [3.63, 3.8) is 0 Å². The molecule has 1 aliphatic carbocycles. The van der Waals surface area contributed by atoms with Crippen molar-refractivity contribution in [1.29, 1.82) is 0 Å². The van der Waals surface area contributed by atoms with E-state index in [0.29, 0.717) is 13.1 Å². The lowest BCUT2D eigenvalue weighted by Crippen LogP contribution is -2.46. The molecule has 1 saturated carbocycles. The third-order valence-electron chi connectivity index (χ3n) is 4.62. The van der Waals surface area contributed by atoms with Gasteiger partial charge in [0.1, 0.15) is 0 Å². The van der Waals surface area contributed by atoms with Gasteiger partial charge in [-0.15, -0.1) is 0 Å². The second-order valence-electron chi connectivity index (χ2n) is 6.45. The summed E-state index contributed by atoms with van der Waals surface area (Å²) in [6, 6.07) is 0. The monoisotopic (exact) mass is 284 g/mol. The van der Waals surface area contributed by atoms with Crippen molar-refractivity contribution in [3.8, 4) is 0 Å². The molecule has 0 unspecified atom stereocenters. The molecular formula is C15H28N2O3. The average molecular weight is 284 g/mol. The number of β-amino-alcohol motifs (C(OH)–C–C–N with tert-alkyl or cyclic N) is 1. The summed E-state index contributed by atoms with van der Waals surface area (Å²) in [6.07, 6.45) is 6.31. The summed E-state index contributed by atoms with van der Waals surface area (Å²) in [5.41, 5.74) is 0.145. The molecule has 0 aromatic heterocycles. The summed E-state index contributed by atoms with van der Waals surface area (Å²) in [6.45, 7) is 3.39. The number of rotatable bonds is 6. The summed E-state index contributed by atoms with van der Waals surface area (Å²) >= 11 is 0. The van der Waals surface area contributed by atoms with Gasteiger partial charge in [-0.05, 0) is 32.2 Å². The van der Waals surface area contributed by atoms with Gasteiger partial charge in [0, 0.05) is 25.6 Å². The van der Waals surface area contributed by atoms with E-state index in [-0.39, 0.29) is 17.4 Å². The first-order valence-electron chi connectivity index (χ1n) is 7.80. The molecule has 0 aromatic carbocycles. The van der Waals surface area contributed by atoms with Crippen LogP contribution in [0.4, 0.5) is 0 Å². The van der Waals surface area contributed by atoms with Crippen LogP contribution >= 0.6 is 0 Å². The fraction of sp³-hybridized carbons (Fsp3) is 0.933. The largest absolute Gasteiger partial charge is 0.392 e. The van der Waals surface area contributed by atoms with Gasteiger partial charge in [-0.2, -0.15) is 0 Å². The van der Waals surface area contributed by atoms with Crippen molar-refractivity contribution in [2.45, 2.75) is 44.6 Å². The van der Waals surface area contributed by atoms with Crippen LogP contribution in [0.3, 0.4) is 0 Å². The lowest BCUT2D eigenvalue weighted by Gasteiger charge is -2.31. The van der Waals surface area contributed by atoms with Crippen molar-refractivity contribution in [2.75, 3.05) is 39.9 Å². The Bertz CT molecular complexity index is 316. The summed E-state index contributed by atoms with van der Waals surface area (Å²) in [7, 11) is 1.73. The number of methoxy groups -OCH3 is 1. The van der Waals surface area contributed by atoms with Gasteiger partial charge in [-0.1, -0.05) is 12.8 Å².